The Kier molecular flexibility index (Phi) is 4.11. The van der Waals surface area contributed by atoms with Crippen molar-refractivity contribution in [2.24, 2.45) is 7.05 Å². The maximum Gasteiger partial charge on any atom is 0.167 e. The smallest absolute Gasteiger partial charge is 0.167 e. The van der Waals surface area contributed by atoms with E-state index in [0.29, 0.717) is 10.7 Å². The molecule has 0 unspecified atom stereocenters. The standard InChI is InChI=1S/C14H14BrClN2O/c1-8-4-10(6-11(15)5-8)13(19)7-12-9(2)17-18(3)14(12)16/h4-6H,7H2,1-3H3. The molecule has 0 radical (unpaired) electrons. The Balaban J connectivity index is 2.30. The SMILES string of the molecule is Cc1cc(Br)cc(C(=O)Cc2c(C)nn(C)c2Cl)c1. The molecule has 0 fully saturated rings. The first-order valence-electron chi connectivity index (χ1n) is 5.87. The quantitative estimate of drug-likeness (QED) is 0.794. The van der Waals surface area contributed by atoms with Crippen LogP contribution in [0, 0.1) is 13.8 Å². The average molecular weight is 342 g/mol. The van der Waals surface area contributed by atoms with Gasteiger partial charge in [-0.1, -0.05) is 27.5 Å². The van der Waals surface area contributed by atoms with Gasteiger partial charge >= 0.3 is 0 Å². The van der Waals surface area contributed by atoms with Gasteiger partial charge in [-0.3, -0.25) is 9.48 Å². The highest BCUT2D eigenvalue weighted by molar-refractivity contribution is 9.10. The van der Waals surface area contributed by atoms with E-state index in [9.17, 15) is 4.79 Å². The molecule has 0 amide bonds. The number of carbonyl (C=O) groups excluding carboxylic acids is 1. The van der Waals surface area contributed by atoms with E-state index >= 15 is 0 Å². The number of carbonyl (C=O) groups is 1. The van der Waals surface area contributed by atoms with Gasteiger partial charge in [-0.05, 0) is 37.6 Å². The molecule has 0 aliphatic rings. The van der Waals surface area contributed by atoms with Crippen molar-refractivity contribution < 1.29 is 4.79 Å². The Bertz CT molecular complexity index is 629. The maximum atomic E-state index is 12.3. The van der Waals surface area contributed by atoms with E-state index in [-0.39, 0.29) is 12.2 Å². The predicted octanol–water partition coefficient (Wildman–Crippen LogP) is 3.88. The zero-order valence-corrected chi connectivity index (χ0v) is 13.3. The number of Topliss-reactive ketones (excluding diaryl/α,β-unsaturated/α-hetero) is 1. The summed E-state index contributed by atoms with van der Waals surface area (Å²) in [6, 6.07) is 5.68. The van der Waals surface area contributed by atoms with Crippen LogP contribution in [0.15, 0.2) is 22.7 Å². The van der Waals surface area contributed by atoms with E-state index in [1.807, 2.05) is 32.0 Å². The van der Waals surface area contributed by atoms with Gasteiger partial charge in [0.1, 0.15) is 5.15 Å². The van der Waals surface area contributed by atoms with Crippen molar-refractivity contribution in [2.45, 2.75) is 20.3 Å². The lowest BCUT2D eigenvalue weighted by molar-refractivity contribution is 0.0992. The van der Waals surface area contributed by atoms with Crippen LogP contribution in [0.1, 0.15) is 27.2 Å². The molecule has 1 aromatic heterocycles. The Labute approximate surface area is 125 Å². The first kappa shape index (κ1) is 14.3. The van der Waals surface area contributed by atoms with Crippen molar-refractivity contribution in [1.82, 2.24) is 9.78 Å². The van der Waals surface area contributed by atoms with Crippen LogP contribution in [0.2, 0.25) is 5.15 Å². The van der Waals surface area contributed by atoms with Crippen molar-refractivity contribution in [3.05, 3.63) is 50.2 Å². The normalized spacial score (nSPS) is 10.8. The van der Waals surface area contributed by atoms with Crippen LogP contribution in [-0.2, 0) is 13.5 Å². The fourth-order valence-corrected chi connectivity index (χ4v) is 2.88. The van der Waals surface area contributed by atoms with Crippen molar-refractivity contribution >= 4 is 33.3 Å². The molecule has 5 heteroatoms. The number of hydrogen-bond acceptors (Lipinski definition) is 2. The molecule has 0 N–H and O–H groups in total. The summed E-state index contributed by atoms with van der Waals surface area (Å²) < 4.78 is 2.50. The van der Waals surface area contributed by atoms with E-state index in [2.05, 4.69) is 21.0 Å². The second kappa shape index (κ2) is 5.47. The molecule has 0 saturated carbocycles. The van der Waals surface area contributed by atoms with Crippen molar-refractivity contribution in [3.63, 3.8) is 0 Å². The largest absolute Gasteiger partial charge is 0.294 e. The van der Waals surface area contributed by atoms with E-state index in [1.165, 1.54) is 0 Å². The Morgan fingerprint density at radius 3 is 2.58 bits per heavy atom. The van der Waals surface area contributed by atoms with Gasteiger partial charge in [0.05, 0.1) is 5.69 Å². The Hall–Kier alpha value is -1.13. The van der Waals surface area contributed by atoms with E-state index in [1.54, 1.807) is 11.7 Å². The van der Waals surface area contributed by atoms with Gasteiger partial charge in [0, 0.05) is 29.1 Å². The molecule has 0 spiro atoms. The summed E-state index contributed by atoms with van der Waals surface area (Å²) in [5.41, 5.74) is 3.33. The number of hydrogen-bond donors (Lipinski definition) is 0. The molecule has 2 aromatic rings. The number of aromatic nitrogens is 2. The van der Waals surface area contributed by atoms with Gasteiger partial charge in [0.15, 0.2) is 5.78 Å². The third-order valence-corrected chi connectivity index (χ3v) is 3.90. The minimum Gasteiger partial charge on any atom is -0.294 e. The molecule has 3 nitrogen and oxygen atoms in total. The van der Waals surface area contributed by atoms with Gasteiger partial charge in [0.2, 0.25) is 0 Å². The molecule has 0 aliphatic carbocycles. The highest BCUT2D eigenvalue weighted by atomic mass is 79.9. The molecule has 100 valence electrons. The topological polar surface area (TPSA) is 34.9 Å². The van der Waals surface area contributed by atoms with Crippen LogP contribution in [0.5, 0.6) is 0 Å². The molecule has 1 heterocycles. The fraction of sp³-hybridized carbons (Fsp3) is 0.286. The number of rotatable bonds is 3. The molecular formula is C14H14BrClN2O. The molecule has 0 atom stereocenters. The van der Waals surface area contributed by atoms with E-state index in [0.717, 1.165) is 21.3 Å². The molecular weight excluding hydrogens is 328 g/mol. The van der Waals surface area contributed by atoms with Crippen LogP contribution in [-0.4, -0.2) is 15.6 Å². The lowest BCUT2D eigenvalue weighted by atomic mass is 10.0. The zero-order chi connectivity index (χ0) is 14.2. The van der Waals surface area contributed by atoms with Crippen molar-refractivity contribution in [1.29, 1.82) is 0 Å². The van der Waals surface area contributed by atoms with Crippen LogP contribution < -0.4 is 0 Å². The minimum absolute atomic E-state index is 0.0439. The van der Waals surface area contributed by atoms with Gasteiger partial charge in [-0.15, -0.1) is 0 Å². The Morgan fingerprint density at radius 2 is 2.05 bits per heavy atom. The fourth-order valence-electron chi connectivity index (χ4n) is 2.03. The third-order valence-electron chi connectivity index (χ3n) is 2.97. The van der Waals surface area contributed by atoms with E-state index < -0.39 is 0 Å². The molecule has 0 saturated heterocycles. The van der Waals surface area contributed by atoms with Crippen molar-refractivity contribution in [3.8, 4) is 0 Å². The summed E-state index contributed by atoms with van der Waals surface area (Å²) >= 11 is 9.55. The summed E-state index contributed by atoms with van der Waals surface area (Å²) in [6.07, 6.45) is 0.272. The van der Waals surface area contributed by atoms with Gasteiger partial charge < -0.3 is 0 Å². The summed E-state index contributed by atoms with van der Waals surface area (Å²) in [5, 5.41) is 4.74. The summed E-state index contributed by atoms with van der Waals surface area (Å²) in [7, 11) is 1.77. The average Bonchev–Trinajstić information content (AvgIpc) is 2.54. The predicted molar refractivity (Wildman–Crippen MR) is 79.9 cm³/mol. The van der Waals surface area contributed by atoms with Crippen LogP contribution >= 0.6 is 27.5 Å². The highest BCUT2D eigenvalue weighted by Gasteiger charge is 2.16. The Morgan fingerprint density at radius 1 is 1.37 bits per heavy atom. The highest BCUT2D eigenvalue weighted by Crippen LogP contribution is 2.22. The zero-order valence-electron chi connectivity index (χ0n) is 11.0. The lowest BCUT2D eigenvalue weighted by Crippen LogP contribution is -2.05. The van der Waals surface area contributed by atoms with Crippen LogP contribution in [0.3, 0.4) is 0 Å². The second-order valence-electron chi connectivity index (χ2n) is 4.60. The van der Waals surface area contributed by atoms with Crippen LogP contribution in [0.25, 0.3) is 0 Å². The minimum atomic E-state index is 0.0439. The number of halogens is 2. The van der Waals surface area contributed by atoms with Gasteiger partial charge in [-0.25, -0.2) is 0 Å². The number of ketones is 1. The number of aryl methyl sites for hydroxylation is 3. The molecule has 0 aliphatic heterocycles. The molecule has 2 rings (SSSR count). The number of benzene rings is 1. The first-order valence-corrected chi connectivity index (χ1v) is 7.04. The van der Waals surface area contributed by atoms with E-state index in [4.69, 9.17) is 11.6 Å². The third kappa shape index (κ3) is 3.07. The summed E-state index contributed by atoms with van der Waals surface area (Å²) in [5.74, 6) is 0.0439. The summed E-state index contributed by atoms with van der Waals surface area (Å²) in [6.45, 7) is 3.82. The number of nitrogens with zero attached hydrogens (tertiary/aromatic N) is 2. The molecule has 0 bridgehead atoms. The van der Waals surface area contributed by atoms with Crippen LogP contribution in [0.4, 0.5) is 0 Å². The first-order chi connectivity index (χ1) is 8.88. The van der Waals surface area contributed by atoms with Gasteiger partial charge in [-0.2, -0.15) is 5.10 Å². The van der Waals surface area contributed by atoms with Gasteiger partial charge in [0.25, 0.3) is 0 Å². The lowest BCUT2D eigenvalue weighted by Gasteiger charge is -2.04. The molecule has 1 aromatic carbocycles. The monoisotopic (exact) mass is 340 g/mol. The summed E-state index contributed by atoms with van der Waals surface area (Å²) in [4.78, 5) is 12.3. The second-order valence-corrected chi connectivity index (χ2v) is 5.87. The molecule has 19 heavy (non-hydrogen) atoms. The maximum absolute atomic E-state index is 12.3. The van der Waals surface area contributed by atoms with Crippen molar-refractivity contribution in [2.75, 3.05) is 0 Å².